The fourth-order valence-corrected chi connectivity index (χ4v) is 4.33. The molecular weight excluding hydrogens is 388 g/mol. The fraction of sp³-hybridized carbons (Fsp3) is 0.476. The lowest BCUT2D eigenvalue weighted by Crippen LogP contribution is -2.48. The Labute approximate surface area is 176 Å². The van der Waals surface area contributed by atoms with E-state index >= 15 is 0 Å². The van der Waals surface area contributed by atoms with Gasteiger partial charge < -0.3 is 21.3 Å². The van der Waals surface area contributed by atoms with E-state index in [0.717, 1.165) is 68.8 Å². The summed E-state index contributed by atoms with van der Waals surface area (Å²) in [4.78, 5) is 23.5. The lowest BCUT2D eigenvalue weighted by molar-refractivity contribution is -0.119. The standard InChI is InChI=1S/C21H27ClN6O/c1-13(29)24-15-5-4-10-28(12-15)20-16-6-2-3-7-19(16)26-21(27-20)25-14-8-9-17(22)18(23)11-14/h8-9,11,15H,2-7,10,12,23H2,1H3,(H,24,29)(H,25,26,27). The second kappa shape index (κ2) is 8.45. The maximum absolute atomic E-state index is 11.5. The first-order chi connectivity index (χ1) is 14.0. The number of carbonyl (C=O) groups excluding carboxylic acids is 1. The summed E-state index contributed by atoms with van der Waals surface area (Å²) in [5.74, 6) is 1.59. The van der Waals surface area contributed by atoms with Gasteiger partial charge in [-0.1, -0.05) is 11.6 Å². The predicted molar refractivity (Wildman–Crippen MR) is 117 cm³/mol. The molecule has 2 heterocycles. The molecule has 0 spiro atoms. The van der Waals surface area contributed by atoms with Gasteiger partial charge in [-0.2, -0.15) is 4.98 Å². The number of halogens is 1. The molecule has 29 heavy (non-hydrogen) atoms. The monoisotopic (exact) mass is 414 g/mol. The number of piperidine rings is 1. The Kier molecular flexibility index (Phi) is 5.76. The van der Waals surface area contributed by atoms with Gasteiger partial charge in [0, 0.05) is 37.3 Å². The third-order valence-electron chi connectivity index (χ3n) is 5.54. The number of nitrogens with two attached hydrogens (primary N) is 1. The molecule has 1 atom stereocenters. The van der Waals surface area contributed by atoms with Crippen LogP contribution in [0.5, 0.6) is 0 Å². The summed E-state index contributed by atoms with van der Waals surface area (Å²) >= 11 is 6.03. The number of nitrogen functional groups attached to an aromatic ring is 1. The summed E-state index contributed by atoms with van der Waals surface area (Å²) < 4.78 is 0. The second-order valence-corrected chi connectivity index (χ2v) is 8.26. The van der Waals surface area contributed by atoms with E-state index in [-0.39, 0.29) is 11.9 Å². The molecule has 1 fully saturated rings. The summed E-state index contributed by atoms with van der Waals surface area (Å²) in [6, 6.07) is 5.58. The van der Waals surface area contributed by atoms with Crippen LogP contribution >= 0.6 is 11.6 Å². The highest BCUT2D eigenvalue weighted by atomic mass is 35.5. The van der Waals surface area contributed by atoms with Gasteiger partial charge >= 0.3 is 0 Å². The SMILES string of the molecule is CC(=O)NC1CCCN(c2nc(Nc3ccc(Cl)c(N)c3)nc3c2CCCC3)C1. The van der Waals surface area contributed by atoms with Crippen molar-refractivity contribution in [3.05, 3.63) is 34.5 Å². The van der Waals surface area contributed by atoms with Crippen LogP contribution in [0.1, 0.15) is 43.9 Å². The van der Waals surface area contributed by atoms with Gasteiger partial charge in [-0.3, -0.25) is 4.79 Å². The third kappa shape index (κ3) is 4.56. The lowest BCUT2D eigenvalue weighted by Gasteiger charge is -2.36. The molecule has 154 valence electrons. The molecule has 4 rings (SSSR count). The third-order valence-corrected chi connectivity index (χ3v) is 5.89. The van der Waals surface area contributed by atoms with Crippen LogP contribution < -0.4 is 21.3 Å². The van der Waals surface area contributed by atoms with E-state index in [4.69, 9.17) is 27.3 Å². The first-order valence-corrected chi connectivity index (χ1v) is 10.6. The highest BCUT2D eigenvalue weighted by Gasteiger charge is 2.26. The largest absolute Gasteiger partial charge is 0.397 e. The molecule has 7 nitrogen and oxygen atoms in total. The number of rotatable bonds is 4. The predicted octanol–water partition coefficient (Wildman–Crippen LogP) is 3.44. The summed E-state index contributed by atoms with van der Waals surface area (Å²) in [7, 11) is 0. The minimum atomic E-state index is 0.0178. The van der Waals surface area contributed by atoms with Crippen molar-refractivity contribution < 1.29 is 4.79 Å². The molecule has 1 unspecified atom stereocenters. The number of anilines is 4. The Morgan fingerprint density at radius 1 is 1.24 bits per heavy atom. The van der Waals surface area contributed by atoms with Gasteiger partial charge in [0.1, 0.15) is 5.82 Å². The van der Waals surface area contributed by atoms with Gasteiger partial charge in [0.15, 0.2) is 0 Å². The molecule has 2 aromatic rings. The molecule has 0 radical (unpaired) electrons. The molecule has 2 aliphatic rings. The lowest BCUT2D eigenvalue weighted by atomic mass is 9.95. The number of nitrogens with one attached hydrogen (secondary N) is 2. The Morgan fingerprint density at radius 2 is 2.07 bits per heavy atom. The van der Waals surface area contributed by atoms with Gasteiger partial charge in [0.25, 0.3) is 0 Å². The van der Waals surface area contributed by atoms with Crippen LogP contribution in [0.3, 0.4) is 0 Å². The first kappa shape index (κ1) is 19.8. The Bertz CT molecular complexity index is 918. The summed E-state index contributed by atoms with van der Waals surface area (Å²) in [6.07, 6.45) is 6.29. The number of hydrogen-bond donors (Lipinski definition) is 3. The molecule has 1 aliphatic heterocycles. The van der Waals surface area contributed by atoms with Crippen LogP contribution in [0.2, 0.25) is 5.02 Å². The molecule has 1 amide bonds. The maximum atomic E-state index is 11.5. The number of aryl methyl sites for hydroxylation is 1. The van der Waals surface area contributed by atoms with E-state index in [1.807, 2.05) is 6.07 Å². The van der Waals surface area contributed by atoms with Gasteiger partial charge in [-0.05, 0) is 56.7 Å². The zero-order valence-corrected chi connectivity index (χ0v) is 17.4. The van der Waals surface area contributed by atoms with Crippen molar-refractivity contribution in [2.45, 2.75) is 51.5 Å². The van der Waals surface area contributed by atoms with Crippen LogP contribution in [0.25, 0.3) is 0 Å². The van der Waals surface area contributed by atoms with E-state index in [9.17, 15) is 4.79 Å². The zero-order chi connectivity index (χ0) is 20.4. The smallest absolute Gasteiger partial charge is 0.229 e. The highest BCUT2D eigenvalue weighted by molar-refractivity contribution is 6.33. The molecule has 8 heteroatoms. The van der Waals surface area contributed by atoms with E-state index in [0.29, 0.717) is 16.7 Å². The van der Waals surface area contributed by atoms with Crippen molar-refractivity contribution in [1.82, 2.24) is 15.3 Å². The van der Waals surface area contributed by atoms with Crippen LogP contribution in [-0.4, -0.2) is 35.0 Å². The van der Waals surface area contributed by atoms with E-state index in [1.165, 1.54) is 5.56 Å². The Morgan fingerprint density at radius 3 is 2.86 bits per heavy atom. The molecule has 1 aromatic heterocycles. The summed E-state index contributed by atoms with van der Waals surface area (Å²) in [5, 5.41) is 6.88. The van der Waals surface area contributed by atoms with E-state index < -0.39 is 0 Å². The average Bonchev–Trinajstić information content (AvgIpc) is 2.70. The number of fused-ring (bicyclic) bond motifs is 1. The van der Waals surface area contributed by atoms with Crippen molar-refractivity contribution in [3.8, 4) is 0 Å². The summed E-state index contributed by atoms with van der Waals surface area (Å²) in [5.41, 5.74) is 9.63. The van der Waals surface area contributed by atoms with Crippen molar-refractivity contribution in [1.29, 1.82) is 0 Å². The quantitative estimate of drug-likeness (QED) is 0.663. The Hall–Kier alpha value is -2.54. The van der Waals surface area contributed by atoms with Crippen LogP contribution in [0, 0.1) is 0 Å². The zero-order valence-electron chi connectivity index (χ0n) is 16.7. The van der Waals surface area contributed by atoms with Gasteiger partial charge in [-0.25, -0.2) is 4.98 Å². The normalized spacial score (nSPS) is 18.8. The first-order valence-electron chi connectivity index (χ1n) is 10.2. The Balaban J connectivity index is 1.64. The number of amides is 1. The van der Waals surface area contributed by atoms with Crippen molar-refractivity contribution in [3.63, 3.8) is 0 Å². The number of carbonyl (C=O) groups is 1. The van der Waals surface area contributed by atoms with Crippen LogP contribution in [-0.2, 0) is 17.6 Å². The average molecular weight is 415 g/mol. The fourth-order valence-electron chi connectivity index (χ4n) is 4.22. The second-order valence-electron chi connectivity index (χ2n) is 7.85. The van der Waals surface area contributed by atoms with Gasteiger partial charge in [0.2, 0.25) is 11.9 Å². The molecule has 1 aromatic carbocycles. The molecule has 1 saturated heterocycles. The molecule has 4 N–H and O–H groups in total. The number of aromatic nitrogens is 2. The number of hydrogen-bond acceptors (Lipinski definition) is 6. The minimum absolute atomic E-state index is 0.0178. The van der Waals surface area contributed by atoms with Gasteiger partial charge in [-0.15, -0.1) is 0 Å². The topological polar surface area (TPSA) is 96.2 Å². The van der Waals surface area contributed by atoms with Gasteiger partial charge in [0.05, 0.1) is 16.4 Å². The van der Waals surface area contributed by atoms with Crippen LogP contribution in [0.15, 0.2) is 18.2 Å². The van der Waals surface area contributed by atoms with Crippen molar-refractivity contribution >= 4 is 40.6 Å². The minimum Gasteiger partial charge on any atom is -0.397 e. The maximum Gasteiger partial charge on any atom is 0.229 e. The molecule has 1 aliphatic carbocycles. The van der Waals surface area contributed by atoms with Crippen molar-refractivity contribution in [2.75, 3.05) is 29.0 Å². The number of nitrogens with zero attached hydrogens (tertiary/aromatic N) is 3. The molecule has 0 bridgehead atoms. The highest BCUT2D eigenvalue weighted by Crippen LogP contribution is 2.32. The van der Waals surface area contributed by atoms with Crippen molar-refractivity contribution in [2.24, 2.45) is 0 Å². The molecule has 0 saturated carbocycles. The number of benzene rings is 1. The van der Waals surface area contributed by atoms with E-state index in [2.05, 4.69) is 15.5 Å². The van der Waals surface area contributed by atoms with E-state index in [1.54, 1.807) is 19.1 Å². The molecular formula is C21H27ClN6O. The van der Waals surface area contributed by atoms with Crippen LogP contribution in [0.4, 0.5) is 23.1 Å². The summed E-state index contributed by atoms with van der Waals surface area (Å²) in [6.45, 7) is 3.29.